The van der Waals surface area contributed by atoms with Gasteiger partial charge in [0.15, 0.2) is 5.82 Å². The lowest BCUT2D eigenvalue weighted by atomic mass is 10.1. The first-order valence-electron chi connectivity index (χ1n) is 10.7. The van der Waals surface area contributed by atoms with E-state index in [1.54, 1.807) is 11.9 Å². The molecule has 0 bridgehead atoms. The number of benzene rings is 1. The first kappa shape index (κ1) is 21.1. The van der Waals surface area contributed by atoms with E-state index in [-0.39, 0.29) is 11.8 Å². The maximum Gasteiger partial charge on any atom is 0.289 e. The molecule has 0 saturated carbocycles. The van der Waals surface area contributed by atoms with Crippen LogP contribution in [0.4, 0.5) is 0 Å². The second-order valence-corrected chi connectivity index (χ2v) is 7.78. The number of carbonyl (C=O) groups excluding carboxylic acids is 2. The molecule has 0 fully saturated rings. The van der Waals surface area contributed by atoms with Crippen LogP contribution in [-0.4, -0.2) is 51.3 Å². The third-order valence-electron chi connectivity index (χ3n) is 5.40. The summed E-state index contributed by atoms with van der Waals surface area (Å²) in [5.41, 5.74) is 2.47. The first-order chi connectivity index (χ1) is 14.1. The normalized spacial score (nSPS) is 13.1. The van der Waals surface area contributed by atoms with Gasteiger partial charge in [0, 0.05) is 33.2 Å². The highest BCUT2D eigenvalue weighted by Crippen LogP contribution is 2.23. The van der Waals surface area contributed by atoms with Crippen molar-refractivity contribution in [2.45, 2.75) is 59.0 Å². The van der Waals surface area contributed by atoms with Crippen molar-refractivity contribution in [3.8, 4) is 0 Å². The van der Waals surface area contributed by atoms with E-state index in [1.165, 1.54) is 0 Å². The largest absolute Gasteiger partial charge is 0.337 e. The van der Waals surface area contributed by atoms with Crippen LogP contribution in [0.2, 0.25) is 0 Å². The fourth-order valence-corrected chi connectivity index (χ4v) is 3.98. The Morgan fingerprint density at radius 2 is 1.72 bits per heavy atom. The maximum absolute atomic E-state index is 13.2. The molecule has 29 heavy (non-hydrogen) atoms. The van der Waals surface area contributed by atoms with Gasteiger partial charge in [-0.15, -0.1) is 0 Å². The van der Waals surface area contributed by atoms with Gasteiger partial charge in [-0.05, 0) is 37.7 Å². The number of carbonyl (C=O) groups is 2. The Labute approximate surface area is 173 Å². The standard InChI is InChI=1S/C23H32N4O2/c1-4-14-26(15-5-2)22(28)20-19-13-9-10-16-27(19)21(24-20)23(29)25(3)17-18-11-7-6-8-12-18/h6-8,11-12H,4-5,9-10,13-17H2,1-3H3. The molecule has 1 aliphatic heterocycles. The van der Waals surface area contributed by atoms with Gasteiger partial charge in [0.05, 0.1) is 5.69 Å². The zero-order chi connectivity index (χ0) is 20.8. The molecule has 2 aromatic rings. The Morgan fingerprint density at radius 3 is 2.38 bits per heavy atom. The third-order valence-corrected chi connectivity index (χ3v) is 5.40. The van der Waals surface area contributed by atoms with Gasteiger partial charge in [0.2, 0.25) is 0 Å². The Kier molecular flexibility index (Phi) is 7.07. The highest BCUT2D eigenvalue weighted by atomic mass is 16.2. The van der Waals surface area contributed by atoms with Crippen molar-refractivity contribution >= 4 is 11.8 Å². The number of fused-ring (bicyclic) bond motifs is 1. The molecule has 1 aromatic carbocycles. The average molecular weight is 397 g/mol. The highest BCUT2D eigenvalue weighted by Gasteiger charge is 2.30. The van der Waals surface area contributed by atoms with Crippen LogP contribution in [0, 0.1) is 0 Å². The fraction of sp³-hybridized carbons (Fsp3) is 0.522. The number of hydrogen-bond acceptors (Lipinski definition) is 3. The van der Waals surface area contributed by atoms with Crippen molar-refractivity contribution in [2.24, 2.45) is 0 Å². The molecule has 2 amide bonds. The summed E-state index contributed by atoms with van der Waals surface area (Å²) in [5, 5.41) is 0. The topological polar surface area (TPSA) is 58.4 Å². The van der Waals surface area contributed by atoms with Crippen molar-refractivity contribution < 1.29 is 9.59 Å². The van der Waals surface area contributed by atoms with E-state index in [4.69, 9.17) is 0 Å². The average Bonchev–Trinajstić information content (AvgIpc) is 3.13. The summed E-state index contributed by atoms with van der Waals surface area (Å²) in [5.74, 6) is 0.229. The number of amides is 2. The minimum Gasteiger partial charge on any atom is -0.337 e. The Morgan fingerprint density at radius 1 is 1.03 bits per heavy atom. The highest BCUT2D eigenvalue weighted by molar-refractivity contribution is 5.97. The van der Waals surface area contributed by atoms with Crippen LogP contribution in [0.1, 0.15) is 71.9 Å². The van der Waals surface area contributed by atoms with Crippen molar-refractivity contribution in [3.63, 3.8) is 0 Å². The summed E-state index contributed by atoms with van der Waals surface area (Å²) < 4.78 is 1.98. The molecule has 1 aromatic heterocycles. The number of imidazole rings is 1. The molecule has 0 aliphatic carbocycles. The minimum absolute atomic E-state index is 0.0379. The van der Waals surface area contributed by atoms with E-state index in [9.17, 15) is 9.59 Å². The molecule has 0 radical (unpaired) electrons. The number of rotatable bonds is 8. The molecule has 2 heterocycles. The number of nitrogens with zero attached hydrogens (tertiary/aromatic N) is 4. The third kappa shape index (κ3) is 4.69. The molecule has 3 rings (SSSR count). The summed E-state index contributed by atoms with van der Waals surface area (Å²) in [6.07, 6.45) is 4.66. The van der Waals surface area contributed by atoms with Crippen LogP contribution < -0.4 is 0 Å². The summed E-state index contributed by atoms with van der Waals surface area (Å²) in [4.78, 5) is 34.6. The molecule has 0 unspecified atom stereocenters. The van der Waals surface area contributed by atoms with Gasteiger partial charge < -0.3 is 14.4 Å². The first-order valence-corrected chi connectivity index (χ1v) is 10.7. The molecule has 0 spiro atoms. The number of hydrogen-bond donors (Lipinski definition) is 0. The summed E-state index contributed by atoms with van der Waals surface area (Å²) >= 11 is 0. The number of aromatic nitrogens is 2. The van der Waals surface area contributed by atoms with Crippen LogP contribution in [0.5, 0.6) is 0 Å². The van der Waals surface area contributed by atoms with Crippen LogP contribution >= 0.6 is 0 Å². The van der Waals surface area contributed by atoms with Gasteiger partial charge in [0.1, 0.15) is 5.69 Å². The monoisotopic (exact) mass is 396 g/mol. The summed E-state index contributed by atoms with van der Waals surface area (Å²) in [6.45, 7) is 6.85. The van der Waals surface area contributed by atoms with E-state index in [0.29, 0.717) is 18.1 Å². The quantitative estimate of drug-likeness (QED) is 0.683. The molecular formula is C23H32N4O2. The van der Waals surface area contributed by atoms with E-state index in [2.05, 4.69) is 18.8 Å². The molecule has 6 heteroatoms. The van der Waals surface area contributed by atoms with Gasteiger partial charge in [-0.1, -0.05) is 44.2 Å². The SMILES string of the molecule is CCCN(CCC)C(=O)c1nc(C(=O)N(C)Cc2ccccc2)n2c1CCCC2. The second kappa shape index (κ2) is 9.72. The predicted molar refractivity (Wildman–Crippen MR) is 114 cm³/mol. The molecular weight excluding hydrogens is 364 g/mol. The second-order valence-electron chi connectivity index (χ2n) is 7.78. The van der Waals surface area contributed by atoms with E-state index in [0.717, 1.165) is 63.0 Å². The van der Waals surface area contributed by atoms with Crippen LogP contribution in [0.3, 0.4) is 0 Å². The molecule has 156 valence electrons. The minimum atomic E-state index is -0.131. The lowest BCUT2D eigenvalue weighted by molar-refractivity contribution is 0.0748. The van der Waals surface area contributed by atoms with Crippen LogP contribution in [0.15, 0.2) is 30.3 Å². The molecule has 0 saturated heterocycles. The Balaban J connectivity index is 1.89. The lowest BCUT2D eigenvalue weighted by Gasteiger charge is -2.22. The van der Waals surface area contributed by atoms with E-state index < -0.39 is 0 Å². The molecule has 1 aliphatic rings. The molecule has 0 N–H and O–H groups in total. The Bertz CT molecular complexity index is 838. The van der Waals surface area contributed by atoms with E-state index >= 15 is 0 Å². The zero-order valence-corrected chi connectivity index (χ0v) is 17.9. The van der Waals surface area contributed by atoms with Crippen molar-refractivity contribution in [1.29, 1.82) is 0 Å². The van der Waals surface area contributed by atoms with Crippen LogP contribution in [0.25, 0.3) is 0 Å². The van der Waals surface area contributed by atoms with Gasteiger partial charge in [-0.25, -0.2) is 4.98 Å². The van der Waals surface area contributed by atoms with Crippen LogP contribution in [-0.2, 0) is 19.5 Å². The van der Waals surface area contributed by atoms with Gasteiger partial charge >= 0.3 is 0 Å². The summed E-state index contributed by atoms with van der Waals surface area (Å²) in [7, 11) is 1.79. The smallest absolute Gasteiger partial charge is 0.289 e. The zero-order valence-electron chi connectivity index (χ0n) is 17.9. The lowest BCUT2D eigenvalue weighted by Crippen LogP contribution is -2.33. The molecule has 6 nitrogen and oxygen atoms in total. The van der Waals surface area contributed by atoms with Gasteiger partial charge in [0.25, 0.3) is 11.8 Å². The summed E-state index contributed by atoms with van der Waals surface area (Å²) in [6, 6.07) is 9.92. The van der Waals surface area contributed by atoms with E-state index in [1.807, 2.05) is 39.8 Å². The molecule has 0 atom stereocenters. The van der Waals surface area contributed by atoms with Crippen molar-refractivity contribution in [2.75, 3.05) is 20.1 Å². The van der Waals surface area contributed by atoms with Crippen molar-refractivity contribution in [3.05, 3.63) is 53.1 Å². The predicted octanol–water partition coefficient (Wildman–Crippen LogP) is 3.75. The maximum atomic E-state index is 13.2. The van der Waals surface area contributed by atoms with Gasteiger partial charge in [-0.2, -0.15) is 0 Å². The fourth-order valence-electron chi connectivity index (χ4n) is 3.98. The van der Waals surface area contributed by atoms with Gasteiger partial charge in [-0.3, -0.25) is 9.59 Å². The Hall–Kier alpha value is -2.63. The van der Waals surface area contributed by atoms with Crippen molar-refractivity contribution in [1.82, 2.24) is 19.4 Å².